The molecule has 0 spiro atoms. The lowest BCUT2D eigenvalue weighted by atomic mass is 10.1. The molecule has 0 aromatic carbocycles. The molecule has 0 aliphatic carbocycles. The van der Waals surface area contributed by atoms with E-state index < -0.39 is 24.2 Å². The van der Waals surface area contributed by atoms with E-state index in [1.165, 1.54) is 13.3 Å². The number of esters is 1. The van der Waals surface area contributed by atoms with Crippen molar-refractivity contribution in [2.75, 3.05) is 6.61 Å². The molecule has 164 valence electrons. The van der Waals surface area contributed by atoms with Gasteiger partial charge in [0.1, 0.15) is 31.2 Å². The zero-order valence-corrected chi connectivity index (χ0v) is 18.1. The van der Waals surface area contributed by atoms with E-state index in [0.717, 1.165) is 11.4 Å². The molecule has 31 heavy (non-hydrogen) atoms. The van der Waals surface area contributed by atoms with E-state index in [0.29, 0.717) is 17.0 Å². The maximum Gasteiger partial charge on any atom is 0.302 e. The predicted molar refractivity (Wildman–Crippen MR) is 108 cm³/mol. The molecule has 3 aromatic heterocycles. The number of carbonyl (C=O) groups is 1. The Bertz CT molecular complexity index is 1130. The molecule has 2 saturated heterocycles. The van der Waals surface area contributed by atoms with Gasteiger partial charge in [-0.3, -0.25) is 9.36 Å². The highest BCUT2D eigenvalue weighted by atomic mass is 16.8. The number of nitrogens with zero attached hydrogens (tertiary/aromatic N) is 5. The minimum absolute atomic E-state index is 0.0844. The van der Waals surface area contributed by atoms with Gasteiger partial charge in [-0.1, -0.05) is 0 Å². The van der Waals surface area contributed by atoms with Gasteiger partial charge in [-0.05, 0) is 39.8 Å². The van der Waals surface area contributed by atoms with Crippen molar-refractivity contribution in [2.24, 2.45) is 0 Å². The number of hydrogen-bond acceptors (Lipinski definition) is 8. The monoisotopic (exact) mass is 427 g/mol. The third kappa shape index (κ3) is 3.31. The Morgan fingerprint density at radius 1 is 1.13 bits per heavy atom. The first-order valence-corrected chi connectivity index (χ1v) is 10.2. The van der Waals surface area contributed by atoms with Crippen LogP contribution in [0.4, 0.5) is 0 Å². The minimum atomic E-state index is -0.776. The van der Waals surface area contributed by atoms with Crippen LogP contribution < -0.4 is 0 Å². The Morgan fingerprint density at radius 2 is 1.84 bits per heavy atom. The molecule has 0 N–H and O–H groups in total. The lowest BCUT2D eigenvalue weighted by molar-refractivity contribution is -0.201. The topological polar surface area (TPSA) is 103 Å². The van der Waals surface area contributed by atoms with E-state index in [1.54, 1.807) is 6.33 Å². The number of hydrogen-bond donors (Lipinski definition) is 0. The standard InChI is InChI=1S/C21H25N5O5/c1-11-6-7-12(2)26(11)19-15-18(22-9-23-19)25(10-24-15)20-17-16(30-21(4,5)31-17)14(29-20)8-28-13(3)27/h6-7,9-10,14,16-17,20H,8H2,1-5H3/t14-,16-,17-,20-/m1/s1. The lowest BCUT2D eigenvalue weighted by Gasteiger charge is -2.24. The average Bonchev–Trinajstić information content (AvgIpc) is 3.42. The van der Waals surface area contributed by atoms with Crippen molar-refractivity contribution < 1.29 is 23.7 Å². The van der Waals surface area contributed by atoms with E-state index in [-0.39, 0.29) is 18.7 Å². The molecule has 0 unspecified atom stereocenters. The number of aryl methyl sites for hydroxylation is 2. The largest absolute Gasteiger partial charge is 0.463 e. The number of ether oxygens (including phenoxy) is 4. The first-order valence-electron chi connectivity index (χ1n) is 10.2. The van der Waals surface area contributed by atoms with E-state index in [9.17, 15) is 4.79 Å². The van der Waals surface area contributed by atoms with Crippen molar-refractivity contribution in [2.45, 2.75) is 64.9 Å². The highest BCUT2D eigenvalue weighted by molar-refractivity contribution is 5.78. The van der Waals surface area contributed by atoms with Gasteiger partial charge in [0, 0.05) is 18.3 Å². The van der Waals surface area contributed by atoms with Gasteiger partial charge in [0.05, 0.1) is 6.33 Å². The van der Waals surface area contributed by atoms with Crippen molar-refractivity contribution in [1.29, 1.82) is 0 Å². The second kappa shape index (κ2) is 7.11. The van der Waals surface area contributed by atoms with E-state index in [4.69, 9.17) is 18.9 Å². The Balaban J connectivity index is 1.55. The second-order valence-corrected chi connectivity index (χ2v) is 8.41. The summed E-state index contributed by atoms with van der Waals surface area (Å²) in [5.74, 6) is -0.440. The van der Waals surface area contributed by atoms with Crippen LogP contribution in [0.2, 0.25) is 0 Å². The first-order chi connectivity index (χ1) is 14.7. The average molecular weight is 427 g/mol. The van der Waals surface area contributed by atoms with Gasteiger partial charge in [0.2, 0.25) is 0 Å². The maximum atomic E-state index is 11.3. The summed E-state index contributed by atoms with van der Waals surface area (Å²) in [5.41, 5.74) is 3.40. The van der Waals surface area contributed by atoms with Crippen molar-refractivity contribution in [3.05, 3.63) is 36.2 Å². The molecule has 2 aliphatic rings. The number of fused-ring (bicyclic) bond motifs is 2. The van der Waals surface area contributed by atoms with Crippen LogP contribution in [0.5, 0.6) is 0 Å². The van der Waals surface area contributed by atoms with Crippen molar-refractivity contribution in [3.63, 3.8) is 0 Å². The summed E-state index contributed by atoms with van der Waals surface area (Å²) in [5, 5.41) is 0. The van der Waals surface area contributed by atoms with Gasteiger partial charge < -0.3 is 23.5 Å². The Hall–Kier alpha value is -2.82. The molecule has 5 heterocycles. The van der Waals surface area contributed by atoms with Crippen LogP contribution in [0, 0.1) is 13.8 Å². The molecule has 5 rings (SSSR count). The molecule has 2 aliphatic heterocycles. The molecule has 10 heteroatoms. The molecule has 0 radical (unpaired) electrons. The molecule has 0 amide bonds. The highest BCUT2D eigenvalue weighted by Crippen LogP contribution is 2.44. The zero-order valence-electron chi connectivity index (χ0n) is 18.1. The molecule has 3 aromatic rings. The lowest BCUT2D eigenvalue weighted by Crippen LogP contribution is -2.33. The molecule has 0 saturated carbocycles. The van der Waals surface area contributed by atoms with Crippen molar-refractivity contribution in [1.82, 2.24) is 24.1 Å². The third-order valence-electron chi connectivity index (χ3n) is 5.67. The van der Waals surface area contributed by atoms with Crippen LogP contribution >= 0.6 is 0 Å². The summed E-state index contributed by atoms with van der Waals surface area (Å²) in [6.07, 6.45) is 1.42. The van der Waals surface area contributed by atoms with Crippen LogP contribution in [0.15, 0.2) is 24.8 Å². The van der Waals surface area contributed by atoms with Crippen LogP contribution in [-0.2, 0) is 23.7 Å². The number of aromatic nitrogens is 5. The number of imidazole rings is 1. The summed E-state index contributed by atoms with van der Waals surface area (Å²) in [6, 6.07) is 4.08. The Morgan fingerprint density at radius 3 is 2.55 bits per heavy atom. The fourth-order valence-electron chi connectivity index (χ4n) is 4.41. The van der Waals surface area contributed by atoms with Crippen LogP contribution in [0.3, 0.4) is 0 Å². The van der Waals surface area contributed by atoms with Crippen molar-refractivity contribution >= 4 is 17.1 Å². The predicted octanol–water partition coefficient (Wildman–Crippen LogP) is 2.21. The minimum Gasteiger partial charge on any atom is -0.463 e. The molecular formula is C21H25N5O5. The zero-order chi connectivity index (χ0) is 21.9. The molecule has 0 bridgehead atoms. The summed E-state index contributed by atoms with van der Waals surface area (Å²) in [7, 11) is 0. The van der Waals surface area contributed by atoms with Crippen molar-refractivity contribution in [3.8, 4) is 5.82 Å². The van der Waals surface area contributed by atoms with E-state index >= 15 is 0 Å². The van der Waals surface area contributed by atoms with Crippen LogP contribution in [-0.4, -0.2) is 60.8 Å². The van der Waals surface area contributed by atoms with E-state index in [2.05, 4.69) is 15.0 Å². The van der Waals surface area contributed by atoms with Crippen LogP contribution in [0.25, 0.3) is 17.0 Å². The summed E-state index contributed by atoms with van der Waals surface area (Å²) in [6.45, 7) is 9.21. The van der Waals surface area contributed by atoms with E-state index in [1.807, 2.05) is 49.0 Å². The summed E-state index contributed by atoms with van der Waals surface area (Å²) < 4.78 is 27.5. The Labute approximate surface area is 179 Å². The van der Waals surface area contributed by atoms with Crippen LogP contribution in [0.1, 0.15) is 38.4 Å². The van der Waals surface area contributed by atoms with Gasteiger partial charge >= 0.3 is 5.97 Å². The maximum absolute atomic E-state index is 11.3. The van der Waals surface area contributed by atoms with Gasteiger partial charge in [-0.15, -0.1) is 0 Å². The second-order valence-electron chi connectivity index (χ2n) is 8.41. The molecule has 2 fully saturated rings. The first kappa shape index (κ1) is 20.1. The molecule has 10 nitrogen and oxygen atoms in total. The summed E-state index contributed by atoms with van der Waals surface area (Å²) in [4.78, 5) is 24.9. The normalized spacial score (nSPS) is 27.0. The van der Waals surface area contributed by atoms with Gasteiger partial charge in [0.15, 0.2) is 29.0 Å². The highest BCUT2D eigenvalue weighted by Gasteiger charge is 2.56. The Kier molecular flexibility index (Phi) is 4.61. The fraction of sp³-hybridized carbons (Fsp3) is 0.524. The van der Waals surface area contributed by atoms with Gasteiger partial charge in [0.25, 0.3) is 0 Å². The smallest absolute Gasteiger partial charge is 0.302 e. The SMILES string of the molecule is CC(=O)OC[C@H]1O[C@@H](n2cnc3c(-n4c(C)ccc4C)ncnc32)[C@@H]2OC(C)(C)O[C@@H]21. The third-order valence-corrected chi connectivity index (χ3v) is 5.67. The quantitative estimate of drug-likeness (QED) is 0.584. The number of carbonyl (C=O) groups excluding carboxylic acids is 1. The van der Waals surface area contributed by atoms with Gasteiger partial charge in [-0.2, -0.15) is 0 Å². The number of rotatable bonds is 4. The molecule has 4 atom stereocenters. The fourth-order valence-corrected chi connectivity index (χ4v) is 4.41. The summed E-state index contributed by atoms with van der Waals surface area (Å²) >= 11 is 0. The molecular weight excluding hydrogens is 402 g/mol. The van der Waals surface area contributed by atoms with Gasteiger partial charge in [-0.25, -0.2) is 15.0 Å².